The first-order valence-electron chi connectivity index (χ1n) is 9.44. The number of ether oxygens (including phenoxy) is 1. The average molecular weight is 377 g/mol. The highest BCUT2D eigenvalue weighted by atomic mass is 16.5. The molecular weight excluding hydrogens is 354 g/mol. The van der Waals surface area contributed by atoms with Crippen molar-refractivity contribution in [1.29, 1.82) is 0 Å². The molecule has 2 unspecified atom stereocenters. The van der Waals surface area contributed by atoms with Gasteiger partial charge < -0.3 is 4.74 Å². The Balaban J connectivity index is 2.08. The number of fused-ring (bicyclic) bond motifs is 3. The van der Waals surface area contributed by atoms with Crippen molar-refractivity contribution in [1.82, 2.24) is 19.5 Å². The first-order valence-corrected chi connectivity index (χ1v) is 9.44. The summed E-state index contributed by atoms with van der Waals surface area (Å²) < 4.78 is 7.70. The second kappa shape index (κ2) is 7.07. The molecule has 3 aromatic heterocycles. The van der Waals surface area contributed by atoms with Crippen molar-refractivity contribution in [2.75, 3.05) is 0 Å². The number of rotatable bonds is 1. The predicted octanol–water partition coefficient (Wildman–Crippen LogP) is 4.10. The molecule has 1 N–H and O–H groups in total. The van der Waals surface area contributed by atoms with Crippen molar-refractivity contribution in [3.8, 4) is 5.82 Å². The van der Waals surface area contributed by atoms with E-state index >= 15 is 0 Å². The van der Waals surface area contributed by atoms with Crippen molar-refractivity contribution < 1.29 is 4.74 Å². The normalized spacial score (nSPS) is 21.0. The second-order valence-corrected chi connectivity index (χ2v) is 7.12. The van der Waals surface area contributed by atoms with Crippen LogP contribution in [-0.2, 0) is 4.74 Å². The van der Waals surface area contributed by atoms with E-state index in [0.29, 0.717) is 29.0 Å². The monoisotopic (exact) mass is 377 g/mol. The van der Waals surface area contributed by atoms with Crippen molar-refractivity contribution >= 4 is 29.3 Å². The van der Waals surface area contributed by atoms with Gasteiger partial charge in [0, 0.05) is 6.20 Å². The molecule has 0 aliphatic carbocycles. The quantitative estimate of drug-likeness (QED) is 0.647. The first kappa shape index (κ1) is 18.2. The third-order valence-corrected chi connectivity index (χ3v) is 5.22. The van der Waals surface area contributed by atoms with Crippen LogP contribution >= 0.6 is 0 Å². The lowest BCUT2D eigenvalue weighted by molar-refractivity contribution is 0.169. The molecule has 0 spiro atoms. The van der Waals surface area contributed by atoms with Crippen LogP contribution in [0.2, 0.25) is 0 Å². The van der Waals surface area contributed by atoms with E-state index in [2.05, 4.69) is 28.6 Å². The Labute approximate surface area is 162 Å². The standard InChI is InChI=1S/C21H23N5O2/c1-5-16-19-20(22-4)25-21(27)26(19)17-9-8-15-18(24-17)14(10-11-23-15)12(2)6-7-13(3)28-16/h5,8-13H,4,6-7H2,1-3H3,(H,25,27)/b16-5+. The van der Waals surface area contributed by atoms with E-state index < -0.39 is 0 Å². The number of H-pyrrole nitrogens is 1. The largest absolute Gasteiger partial charge is 0.489 e. The van der Waals surface area contributed by atoms with E-state index in [-0.39, 0.29) is 11.8 Å². The van der Waals surface area contributed by atoms with E-state index in [1.165, 1.54) is 4.57 Å². The fraction of sp³-hybridized carbons (Fsp3) is 0.333. The maximum Gasteiger partial charge on any atom is 0.333 e. The minimum atomic E-state index is -0.338. The van der Waals surface area contributed by atoms with Gasteiger partial charge in [-0.05, 0) is 69.2 Å². The van der Waals surface area contributed by atoms with E-state index in [0.717, 1.165) is 29.4 Å². The molecule has 4 rings (SSSR count). The molecule has 1 aliphatic heterocycles. The molecular formula is C21H23N5O2. The molecule has 3 aromatic rings. The number of aromatic nitrogens is 4. The average Bonchev–Trinajstić information content (AvgIpc) is 3.04. The van der Waals surface area contributed by atoms with Crippen LogP contribution in [0, 0.1) is 0 Å². The van der Waals surface area contributed by atoms with Crippen LogP contribution in [0.25, 0.3) is 22.6 Å². The fourth-order valence-corrected chi connectivity index (χ4v) is 3.72. The lowest BCUT2D eigenvalue weighted by Crippen LogP contribution is -2.20. The lowest BCUT2D eigenvalue weighted by atomic mass is 9.94. The Morgan fingerprint density at radius 1 is 1.32 bits per heavy atom. The van der Waals surface area contributed by atoms with E-state index in [1.54, 1.807) is 6.07 Å². The molecule has 0 saturated carbocycles. The zero-order valence-corrected chi connectivity index (χ0v) is 16.3. The minimum absolute atomic E-state index is 0.0205. The number of hydrogen-bond acceptors (Lipinski definition) is 5. The number of aliphatic imine (C=N–C) groups is 1. The molecule has 4 heterocycles. The maximum absolute atomic E-state index is 12.8. The highest BCUT2D eigenvalue weighted by Crippen LogP contribution is 2.32. The van der Waals surface area contributed by atoms with Crippen molar-refractivity contribution in [3.05, 3.63) is 52.2 Å². The van der Waals surface area contributed by atoms with Crippen LogP contribution in [0.4, 0.5) is 5.82 Å². The van der Waals surface area contributed by atoms with Crippen molar-refractivity contribution in [3.63, 3.8) is 0 Å². The summed E-state index contributed by atoms with van der Waals surface area (Å²) in [6.45, 7) is 9.70. The second-order valence-electron chi connectivity index (χ2n) is 7.12. The van der Waals surface area contributed by atoms with E-state index in [9.17, 15) is 4.79 Å². The summed E-state index contributed by atoms with van der Waals surface area (Å²) in [5, 5.41) is 0. The Morgan fingerprint density at radius 3 is 2.89 bits per heavy atom. The van der Waals surface area contributed by atoms with Gasteiger partial charge in [-0.1, -0.05) is 6.92 Å². The van der Waals surface area contributed by atoms with Gasteiger partial charge in [0.2, 0.25) is 0 Å². The van der Waals surface area contributed by atoms with Gasteiger partial charge in [-0.3, -0.25) is 9.97 Å². The molecule has 0 fully saturated rings. The molecule has 1 aliphatic rings. The number of hydrogen-bond donors (Lipinski definition) is 1. The number of aromatic amines is 1. The molecule has 0 aromatic carbocycles. The molecule has 2 atom stereocenters. The molecule has 7 nitrogen and oxygen atoms in total. The smallest absolute Gasteiger partial charge is 0.333 e. The summed E-state index contributed by atoms with van der Waals surface area (Å²) in [7, 11) is 0. The Kier molecular flexibility index (Phi) is 4.58. The zero-order valence-electron chi connectivity index (χ0n) is 16.3. The highest BCUT2D eigenvalue weighted by Gasteiger charge is 2.24. The van der Waals surface area contributed by atoms with Gasteiger partial charge in [-0.25, -0.2) is 19.3 Å². The minimum Gasteiger partial charge on any atom is -0.489 e. The van der Waals surface area contributed by atoms with Gasteiger partial charge in [0.15, 0.2) is 5.82 Å². The Hall–Kier alpha value is -3.22. The summed E-state index contributed by atoms with van der Waals surface area (Å²) in [6, 6.07) is 5.69. The number of nitrogens with zero attached hydrogens (tertiary/aromatic N) is 4. The van der Waals surface area contributed by atoms with Crippen molar-refractivity contribution in [2.45, 2.75) is 45.6 Å². The molecule has 28 heavy (non-hydrogen) atoms. The molecule has 0 radical (unpaired) electrons. The van der Waals surface area contributed by atoms with Gasteiger partial charge in [0.05, 0.1) is 17.1 Å². The number of nitrogens with one attached hydrogen (secondary N) is 1. The number of imidazole rings is 1. The van der Waals surface area contributed by atoms with E-state index in [1.807, 2.05) is 38.3 Å². The van der Waals surface area contributed by atoms with Crippen LogP contribution < -0.4 is 5.69 Å². The lowest BCUT2D eigenvalue weighted by Gasteiger charge is -2.22. The van der Waals surface area contributed by atoms with E-state index in [4.69, 9.17) is 9.72 Å². The molecule has 2 bridgehead atoms. The van der Waals surface area contributed by atoms with Crippen LogP contribution in [0.3, 0.4) is 0 Å². The summed E-state index contributed by atoms with van der Waals surface area (Å²) in [6.07, 6.45) is 5.46. The summed E-state index contributed by atoms with van der Waals surface area (Å²) in [5.74, 6) is 1.73. The molecule has 7 heteroatoms. The SMILES string of the molecule is C=Nc1[nH]c(=O)n2c1/C(=C\C)OC(C)CCC(C)c1ccnc3ccc-2nc13. The zero-order chi connectivity index (χ0) is 19.8. The van der Waals surface area contributed by atoms with Crippen LogP contribution in [-0.4, -0.2) is 32.3 Å². The topological polar surface area (TPSA) is 85.2 Å². The third kappa shape index (κ3) is 2.93. The Bertz CT molecular complexity index is 1140. The van der Waals surface area contributed by atoms with Crippen LogP contribution in [0.5, 0.6) is 0 Å². The predicted molar refractivity (Wildman–Crippen MR) is 111 cm³/mol. The third-order valence-electron chi connectivity index (χ3n) is 5.22. The molecule has 0 saturated heterocycles. The van der Waals surface area contributed by atoms with Gasteiger partial charge in [0.25, 0.3) is 0 Å². The molecule has 0 amide bonds. The van der Waals surface area contributed by atoms with Crippen molar-refractivity contribution in [2.24, 2.45) is 4.99 Å². The van der Waals surface area contributed by atoms with Crippen LogP contribution in [0.15, 0.2) is 40.3 Å². The summed E-state index contributed by atoms with van der Waals surface area (Å²) >= 11 is 0. The highest BCUT2D eigenvalue weighted by molar-refractivity contribution is 5.79. The Morgan fingerprint density at radius 2 is 2.14 bits per heavy atom. The van der Waals surface area contributed by atoms with Gasteiger partial charge >= 0.3 is 5.69 Å². The maximum atomic E-state index is 12.8. The number of allylic oxidation sites excluding steroid dienone is 1. The number of pyridine rings is 2. The fourth-order valence-electron chi connectivity index (χ4n) is 3.72. The first-order chi connectivity index (χ1) is 13.5. The summed E-state index contributed by atoms with van der Waals surface area (Å²) in [5.41, 5.74) is 2.94. The van der Waals surface area contributed by atoms with Gasteiger partial charge in [0.1, 0.15) is 17.3 Å². The van der Waals surface area contributed by atoms with Gasteiger partial charge in [-0.2, -0.15) is 0 Å². The summed E-state index contributed by atoms with van der Waals surface area (Å²) in [4.78, 5) is 28.8. The molecule has 144 valence electrons. The van der Waals surface area contributed by atoms with Crippen LogP contribution in [0.1, 0.15) is 50.8 Å². The van der Waals surface area contributed by atoms with Gasteiger partial charge in [-0.15, -0.1) is 0 Å².